The Morgan fingerprint density at radius 1 is 0.944 bits per heavy atom. The number of H-pyrrole nitrogens is 1. The van der Waals surface area contributed by atoms with Gasteiger partial charge in [-0.1, -0.05) is 68.8 Å². The summed E-state index contributed by atoms with van der Waals surface area (Å²) in [5, 5.41) is 21.1. The Hall–Kier alpha value is -6.03. The quantitative estimate of drug-likeness (QED) is 0.0782. The molecule has 0 aliphatic carbocycles. The van der Waals surface area contributed by atoms with Gasteiger partial charge >= 0.3 is 0 Å². The van der Waals surface area contributed by atoms with Crippen LogP contribution in [-0.2, 0) is 35.3 Å². The molecule has 21 heteroatoms. The van der Waals surface area contributed by atoms with E-state index in [2.05, 4.69) is 45.7 Å². The minimum absolute atomic E-state index is 0.0564. The zero-order valence-electron chi connectivity index (χ0n) is 41.2. The lowest BCUT2D eigenvalue weighted by atomic mass is 9.85. The predicted octanol–water partition coefficient (Wildman–Crippen LogP) is 3.56. The number of β-amino-alcohol motifs (C(OH)–C–C–N with tert-alkyl or cyclic N) is 1. The number of benzene rings is 2. The number of thiazole rings is 1. The lowest BCUT2D eigenvalue weighted by Crippen LogP contribution is -2.60. The zero-order valence-corrected chi connectivity index (χ0v) is 42.8. The Morgan fingerprint density at radius 2 is 1.67 bits per heavy atom. The van der Waals surface area contributed by atoms with Gasteiger partial charge in [0, 0.05) is 76.5 Å². The molecule has 2 aromatic carbocycles. The fraction of sp³-hybridized carbons (Fsp3) is 0.490. The SMILES string of the molecule is Cc1ncsc1-c1ccc(CNC(=O)[C@@H]2C[C@@H](O)CN2C(=O)C(NC(=O)COCC(=O)N2CCN(CCC(NC(=O)C3(N)CCN(c4ncnc5[nH]ccc45)CC3)c3ccc(Cl)cc3)CC2)C(C)(C)C)cc1. The van der Waals surface area contributed by atoms with Crippen LogP contribution in [0, 0.1) is 12.3 Å². The molecule has 19 nitrogen and oxygen atoms in total. The van der Waals surface area contributed by atoms with Crippen LogP contribution in [0.4, 0.5) is 5.82 Å². The molecule has 0 bridgehead atoms. The highest BCUT2D eigenvalue weighted by Gasteiger charge is 2.45. The molecule has 3 aliphatic rings. The van der Waals surface area contributed by atoms with E-state index >= 15 is 0 Å². The van der Waals surface area contributed by atoms with Crippen LogP contribution in [0.1, 0.15) is 69.3 Å². The van der Waals surface area contributed by atoms with Gasteiger partial charge in [-0.3, -0.25) is 28.9 Å². The molecular formula is C51H65ClN12O7S. The first-order valence-corrected chi connectivity index (χ1v) is 25.7. The number of amides is 5. The number of piperidine rings is 1. The van der Waals surface area contributed by atoms with Gasteiger partial charge in [0.15, 0.2) is 0 Å². The number of ether oxygens (including phenoxy) is 1. The molecule has 5 aromatic rings. The van der Waals surface area contributed by atoms with E-state index in [0.29, 0.717) is 70.1 Å². The zero-order chi connectivity index (χ0) is 51.2. The number of rotatable bonds is 17. The summed E-state index contributed by atoms with van der Waals surface area (Å²) in [4.78, 5) is 92.9. The van der Waals surface area contributed by atoms with Crippen molar-refractivity contribution in [1.82, 2.24) is 50.6 Å². The topological polar surface area (TPSA) is 244 Å². The van der Waals surface area contributed by atoms with Gasteiger partial charge in [0.2, 0.25) is 29.5 Å². The lowest BCUT2D eigenvalue weighted by Gasteiger charge is -2.39. The highest BCUT2D eigenvalue weighted by Crippen LogP contribution is 2.31. The molecule has 3 aliphatic heterocycles. The number of aryl methyl sites for hydroxylation is 1. The van der Waals surface area contributed by atoms with Crippen LogP contribution >= 0.6 is 22.9 Å². The van der Waals surface area contributed by atoms with Gasteiger partial charge in [-0.15, -0.1) is 11.3 Å². The number of likely N-dealkylation sites (tertiary alicyclic amines) is 1. The van der Waals surface area contributed by atoms with Crippen LogP contribution in [0.2, 0.25) is 5.02 Å². The summed E-state index contributed by atoms with van der Waals surface area (Å²) >= 11 is 7.80. The van der Waals surface area contributed by atoms with Crippen LogP contribution in [0.5, 0.6) is 0 Å². The van der Waals surface area contributed by atoms with Gasteiger partial charge in [-0.05, 0) is 66.5 Å². The van der Waals surface area contributed by atoms with E-state index in [1.165, 1.54) is 11.2 Å². The number of carbonyl (C=O) groups excluding carboxylic acids is 5. The third kappa shape index (κ3) is 12.6. The van der Waals surface area contributed by atoms with Gasteiger partial charge in [0.05, 0.1) is 39.2 Å². The number of nitrogens with two attached hydrogens (primary N) is 1. The number of aliphatic hydroxyl groups excluding tert-OH is 1. The van der Waals surface area contributed by atoms with E-state index in [9.17, 15) is 29.1 Å². The second-order valence-corrected chi connectivity index (χ2v) is 21.4. The second kappa shape index (κ2) is 22.8. The molecule has 3 aromatic heterocycles. The monoisotopic (exact) mass is 1020 g/mol. The Bertz CT molecular complexity index is 2700. The lowest BCUT2D eigenvalue weighted by molar-refractivity contribution is -0.145. The van der Waals surface area contributed by atoms with E-state index in [0.717, 1.165) is 44.1 Å². The number of aromatic nitrogens is 4. The van der Waals surface area contributed by atoms with Crippen molar-refractivity contribution in [2.75, 3.05) is 70.5 Å². The predicted molar refractivity (Wildman–Crippen MR) is 275 cm³/mol. The van der Waals surface area contributed by atoms with Gasteiger partial charge < -0.3 is 51.2 Å². The third-order valence-electron chi connectivity index (χ3n) is 13.9. The largest absolute Gasteiger partial charge is 0.391 e. The number of nitrogens with zero attached hydrogens (tertiary/aromatic N) is 7. The van der Waals surface area contributed by atoms with Crippen molar-refractivity contribution < 1.29 is 33.8 Å². The fourth-order valence-corrected chi connectivity index (χ4v) is 10.6. The number of piperazine rings is 1. The summed E-state index contributed by atoms with van der Waals surface area (Å²) in [7, 11) is 0. The Morgan fingerprint density at radius 3 is 2.35 bits per heavy atom. The van der Waals surface area contributed by atoms with Crippen molar-refractivity contribution in [3.63, 3.8) is 0 Å². The van der Waals surface area contributed by atoms with E-state index < -0.39 is 53.5 Å². The Kier molecular flexibility index (Phi) is 16.6. The maximum Gasteiger partial charge on any atom is 0.248 e. The molecular weight excluding hydrogens is 960 g/mol. The van der Waals surface area contributed by atoms with Crippen LogP contribution in [-0.4, -0.2) is 159 Å². The van der Waals surface area contributed by atoms with Gasteiger partial charge in [0.25, 0.3) is 0 Å². The summed E-state index contributed by atoms with van der Waals surface area (Å²) in [6.07, 6.45) is 4.01. The molecule has 0 spiro atoms. The summed E-state index contributed by atoms with van der Waals surface area (Å²) in [5.74, 6) is -1.14. The molecule has 4 atom stereocenters. The van der Waals surface area contributed by atoms with Crippen LogP contribution in [0.15, 0.2) is 72.6 Å². The summed E-state index contributed by atoms with van der Waals surface area (Å²) < 4.78 is 5.60. The molecule has 0 radical (unpaired) electrons. The summed E-state index contributed by atoms with van der Waals surface area (Å²) in [6, 6.07) is 14.9. The average molecular weight is 1030 g/mol. The van der Waals surface area contributed by atoms with Crippen LogP contribution in [0.25, 0.3) is 21.5 Å². The Balaban J connectivity index is 0.774. The molecule has 7 N–H and O–H groups in total. The van der Waals surface area contributed by atoms with Gasteiger partial charge in [-0.2, -0.15) is 0 Å². The second-order valence-electron chi connectivity index (χ2n) is 20.1. The van der Waals surface area contributed by atoms with Crippen molar-refractivity contribution in [2.45, 2.75) is 89.7 Å². The fourth-order valence-electron chi connectivity index (χ4n) is 9.61. The van der Waals surface area contributed by atoms with Crippen molar-refractivity contribution in [3.05, 3.63) is 94.5 Å². The molecule has 3 saturated heterocycles. The number of nitrogens with one attached hydrogen (secondary N) is 4. The summed E-state index contributed by atoms with van der Waals surface area (Å²) in [5.41, 5.74) is 11.3. The van der Waals surface area contributed by atoms with E-state index in [4.69, 9.17) is 22.1 Å². The number of carbonyl (C=O) groups is 5. The number of aliphatic hydroxyl groups is 1. The van der Waals surface area contributed by atoms with Crippen LogP contribution < -0.4 is 26.6 Å². The Labute approximate surface area is 428 Å². The maximum atomic E-state index is 14.1. The number of aromatic amines is 1. The molecule has 6 heterocycles. The standard InChI is InChI=1S/C51H65ClN12O7S/c1-32-43(72-31-58-32)35-7-5-33(6-8-35)26-55-47(68)40-25-37(65)27-64(40)48(69)44(50(2,3)4)60-41(66)28-71-29-42(67)62-23-21-61(22-24-62)18-14-39(34-9-11-36(52)12-10-34)59-49(70)51(53)15-19-63(20-16-51)46-38-13-17-54-45(38)56-30-57-46/h5-13,17,30-31,37,39-40,44,65H,14-16,18-29,53H2,1-4H3,(H,55,68)(H,59,70)(H,60,66)(H,54,56,57)/t37-,39?,40+,44?/m1/s1. The number of fused-ring (bicyclic) bond motifs is 1. The highest BCUT2D eigenvalue weighted by atomic mass is 35.5. The normalized spacial score (nSPS) is 19.2. The van der Waals surface area contributed by atoms with Gasteiger partial charge in [0.1, 0.15) is 43.1 Å². The first-order valence-electron chi connectivity index (χ1n) is 24.5. The molecule has 2 unspecified atom stereocenters. The molecule has 0 saturated carbocycles. The number of hydrogen-bond donors (Lipinski definition) is 6. The maximum absolute atomic E-state index is 14.1. The van der Waals surface area contributed by atoms with E-state index in [-0.39, 0.29) is 44.0 Å². The molecule has 384 valence electrons. The smallest absolute Gasteiger partial charge is 0.248 e. The first-order chi connectivity index (χ1) is 34.5. The van der Waals surface area contributed by atoms with Crippen molar-refractivity contribution in [1.29, 1.82) is 0 Å². The molecule has 72 heavy (non-hydrogen) atoms. The molecule has 8 rings (SSSR count). The van der Waals surface area contributed by atoms with Crippen molar-refractivity contribution >= 4 is 69.3 Å². The third-order valence-corrected chi connectivity index (χ3v) is 15.2. The van der Waals surface area contributed by atoms with Crippen molar-refractivity contribution in [2.24, 2.45) is 11.1 Å². The van der Waals surface area contributed by atoms with E-state index in [1.54, 1.807) is 54.7 Å². The minimum Gasteiger partial charge on any atom is -0.391 e. The van der Waals surface area contributed by atoms with Crippen LogP contribution in [0.3, 0.4) is 0 Å². The molecule has 5 amide bonds. The average Bonchev–Trinajstić information content (AvgIpc) is 4.14. The summed E-state index contributed by atoms with van der Waals surface area (Å²) in [6.45, 7) is 10.6. The van der Waals surface area contributed by atoms with Crippen molar-refractivity contribution in [3.8, 4) is 10.4 Å². The number of anilines is 1. The molecule has 3 fully saturated rings. The minimum atomic E-state index is -1.06. The number of halogens is 1. The van der Waals surface area contributed by atoms with E-state index in [1.807, 2.05) is 55.6 Å². The van der Waals surface area contributed by atoms with Gasteiger partial charge in [-0.25, -0.2) is 15.0 Å². The first kappa shape index (κ1) is 52.3. The highest BCUT2D eigenvalue weighted by molar-refractivity contribution is 7.13. The number of hydrogen-bond acceptors (Lipinski definition) is 14.